The van der Waals surface area contributed by atoms with E-state index in [0.717, 1.165) is 18.2 Å². The molecule has 0 radical (unpaired) electrons. The third-order valence-corrected chi connectivity index (χ3v) is 5.21. The predicted octanol–water partition coefficient (Wildman–Crippen LogP) is 0.489. The van der Waals surface area contributed by atoms with Crippen LogP contribution in [0.1, 0.15) is 6.92 Å². The highest BCUT2D eigenvalue weighted by Gasteiger charge is 2.43. The maximum Gasteiger partial charge on any atom is 0.238 e. The van der Waals surface area contributed by atoms with Crippen molar-refractivity contribution in [1.82, 2.24) is 0 Å². The van der Waals surface area contributed by atoms with Crippen molar-refractivity contribution in [2.75, 3.05) is 0 Å². The van der Waals surface area contributed by atoms with Gasteiger partial charge in [-0.25, -0.2) is 0 Å². The maximum atomic E-state index is 12.5. The summed E-state index contributed by atoms with van der Waals surface area (Å²) in [6.45, 7) is 1.46. The van der Waals surface area contributed by atoms with Crippen molar-refractivity contribution in [2.45, 2.75) is 37.6 Å². The predicted molar refractivity (Wildman–Crippen MR) is 108 cm³/mol. The lowest BCUT2D eigenvalue weighted by Gasteiger charge is -2.38. The lowest BCUT2D eigenvalue weighted by molar-refractivity contribution is -0.268. The Kier molecular flexibility index (Phi) is 5.34. The zero-order valence-electron chi connectivity index (χ0n) is 16.5. The molecule has 1 aliphatic heterocycles. The van der Waals surface area contributed by atoms with Crippen LogP contribution in [0.4, 0.5) is 0 Å². The Balaban J connectivity index is 1.76. The largest absolute Gasteiger partial charge is 0.508 e. The molecule has 1 aliphatic rings. The molecule has 0 amide bonds. The van der Waals surface area contributed by atoms with Crippen molar-refractivity contribution >= 4 is 11.0 Å². The van der Waals surface area contributed by atoms with E-state index in [1.165, 1.54) is 19.1 Å². The molecule has 7 N–H and O–H groups in total. The van der Waals surface area contributed by atoms with E-state index in [2.05, 4.69) is 0 Å². The van der Waals surface area contributed by atoms with Gasteiger partial charge in [0, 0.05) is 17.7 Å². The highest BCUT2D eigenvalue weighted by Crippen LogP contribution is 2.39. The van der Waals surface area contributed by atoms with Gasteiger partial charge in [-0.3, -0.25) is 4.79 Å². The zero-order valence-corrected chi connectivity index (χ0v) is 16.5. The number of aliphatic hydroxyl groups is 3. The van der Waals surface area contributed by atoms with Crippen LogP contribution in [0.15, 0.2) is 39.5 Å². The summed E-state index contributed by atoms with van der Waals surface area (Å²) in [7, 11) is 0. The summed E-state index contributed by atoms with van der Waals surface area (Å²) in [6.07, 6.45) is -6.87. The molecule has 4 rings (SSSR count). The smallest absolute Gasteiger partial charge is 0.238 e. The Bertz CT molecular complexity index is 1230. The SMILES string of the molecule is C[C@@H]1O[C@@H](Oc2cc(-c3oc4cc(O)cc(O)c4c(=O)c3O)ccc2O)[C@H](O)[C@H](O)[C@H]1O. The number of aromatic hydroxyl groups is 4. The fourth-order valence-electron chi connectivity index (χ4n) is 3.46. The number of hydrogen-bond donors (Lipinski definition) is 7. The van der Waals surface area contributed by atoms with Crippen LogP contribution in [0, 0.1) is 0 Å². The van der Waals surface area contributed by atoms with E-state index in [1.807, 2.05) is 0 Å². The normalized spacial score (nSPS) is 25.7. The minimum Gasteiger partial charge on any atom is -0.508 e. The van der Waals surface area contributed by atoms with E-state index in [9.17, 15) is 40.5 Å². The molecule has 11 heteroatoms. The van der Waals surface area contributed by atoms with Crippen LogP contribution < -0.4 is 10.2 Å². The van der Waals surface area contributed by atoms with Gasteiger partial charge < -0.3 is 49.6 Å². The van der Waals surface area contributed by atoms with Crippen LogP contribution >= 0.6 is 0 Å². The molecule has 3 aromatic rings. The number of aliphatic hydroxyl groups excluding tert-OH is 3. The number of rotatable bonds is 3. The number of fused-ring (bicyclic) bond motifs is 1. The second-order valence-corrected chi connectivity index (χ2v) is 7.43. The molecule has 1 fully saturated rings. The number of ether oxygens (including phenoxy) is 2. The fraction of sp³-hybridized carbons (Fsp3) is 0.286. The molecule has 11 nitrogen and oxygen atoms in total. The Morgan fingerprint density at radius 1 is 0.906 bits per heavy atom. The number of phenols is 3. The molecule has 2 heterocycles. The highest BCUT2D eigenvalue weighted by atomic mass is 16.7. The van der Waals surface area contributed by atoms with E-state index in [1.54, 1.807) is 0 Å². The average Bonchev–Trinajstić information content (AvgIpc) is 2.74. The monoisotopic (exact) mass is 448 g/mol. The number of benzene rings is 2. The lowest BCUT2D eigenvalue weighted by Crippen LogP contribution is -2.58. The summed E-state index contributed by atoms with van der Waals surface area (Å²) in [6, 6.07) is 5.65. The lowest BCUT2D eigenvalue weighted by atomic mass is 10.00. The molecule has 5 atom stereocenters. The van der Waals surface area contributed by atoms with Crippen molar-refractivity contribution < 1.29 is 49.6 Å². The second kappa shape index (κ2) is 7.88. The van der Waals surface area contributed by atoms with E-state index in [0.29, 0.717) is 0 Å². The molecular formula is C21H20O11. The van der Waals surface area contributed by atoms with Gasteiger partial charge in [0.15, 0.2) is 17.3 Å². The van der Waals surface area contributed by atoms with E-state index >= 15 is 0 Å². The van der Waals surface area contributed by atoms with Gasteiger partial charge in [0.1, 0.15) is 40.8 Å². The van der Waals surface area contributed by atoms with Gasteiger partial charge >= 0.3 is 0 Å². The number of phenolic OH excluding ortho intramolecular Hbond substituents is 3. The fourth-order valence-corrected chi connectivity index (χ4v) is 3.46. The van der Waals surface area contributed by atoms with Crippen molar-refractivity contribution in [3.8, 4) is 40.1 Å². The minimum absolute atomic E-state index is 0.0658. The summed E-state index contributed by atoms with van der Waals surface area (Å²) >= 11 is 0. The topological polar surface area (TPSA) is 190 Å². The van der Waals surface area contributed by atoms with Crippen LogP contribution in [0.25, 0.3) is 22.3 Å². The molecule has 0 saturated carbocycles. The van der Waals surface area contributed by atoms with Crippen LogP contribution in [-0.2, 0) is 4.74 Å². The quantitative estimate of drug-likeness (QED) is 0.295. The minimum atomic E-state index is -1.64. The molecule has 2 aromatic carbocycles. The molecule has 32 heavy (non-hydrogen) atoms. The average molecular weight is 448 g/mol. The Morgan fingerprint density at radius 3 is 2.34 bits per heavy atom. The standard InChI is InChI=1S/C21H20O11/c1-7-15(25)17(27)19(29)21(30-7)32-12-4-8(2-3-10(12)23)20-18(28)16(26)14-11(24)5-9(22)6-13(14)31-20/h2-7,15,17,19,21-25,27-29H,1H3/t7-,15-,17+,19+,21-/m0/s1. The third-order valence-electron chi connectivity index (χ3n) is 5.21. The van der Waals surface area contributed by atoms with Crippen LogP contribution in [0.3, 0.4) is 0 Å². The molecule has 0 aliphatic carbocycles. The molecule has 0 unspecified atom stereocenters. The summed E-state index contributed by atoms with van der Waals surface area (Å²) in [5.41, 5.74) is -1.09. The summed E-state index contributed by atoms with van der Waals surface area (Å²) < 4.78 is 16.3. The van der Waals surface area contributed by atoms with Gasteiger partial charge in [-0.15, -0.1) is 0 Å². The van der Waals surface area contributed by atoms with Gasteiger partial charge in [-0.1, -0.05) is 0 Å². The first-order valence-corrected chi connectivity index (χ1v) is 9.50. The maximum absolute atomic E-state index is 12.5. The summed E-state index contributed by atoms with van der Waals surface area (Å²) in [5, 5.41) is 69.6. The van der Waals surface area contributed by atoms with E-state index in [4.69, 9.17) is 13.9 Å². The first kappa shape index (κ1) is 21.7. The Morgan fingerprint density at radius 2 is 1.62 bits per heavy atom. The van der Waals surface area contributed by atoms with Crippen molar-refractivity contribution in [3.63, 3.8) is 0 Å². The van der Waals surface area contributed by atoms with Gasteiger partial charge in [0.05, 0.1) is 6.10 Å². The third kappa shape index (κ3) is 3.56. The summed E-state index contributed by atoms with van der Waals surface area (Å²) in [4.78, 5) is 12.5. The first-order valence-electron chi connectivity index (χ1n) is 9.50. The van der Waals surface area contributed by atoms with Crippen molar-refractivity contribution in [3.05, 3.63) is 40.6 Å². The molecule has 1 saturated heterocycles. The number of hydrogen-bond acceptors (Lipinski definition) is 11. The summed E-state index contributed by atoms with van der Waals surface area (Å²) in [5.74, 6) is -2.77. The van der Waals surface area contributed by atoms with E-state index < -0.39 is 53.4 Å². The second-order valence-electron chi connectivity index (χ2n) is 7.43. The highest BCUT2D eigenvalue weighted by molar-refractivity contribution is 5.88. The van der Waals surface area contributed by atoms with Crippen molar-refractivity contribution in [1.29, 1.82) is 0 Å². The van der Waals surface area contributed by atoms with Gasteiger partial charge in [-0.05, 0) is 25.1 Å². The van der Waals surface area contributed by atoms with Gasteiger partial charge in [0.25, 0.3) is 0 Å². The molecule has 0 bridgehead atoms. The Labute approximate surface area is 179 Å². The van der Waals surface area contributed by atoms with Crippen LogP contribution in [0.2, 0.25) is 0 Å². The van der Waals surface area contributed by atoms with Gasteiger partial charge in [-0.2, -0.15) is 0 Å². The molecular weight excluding hydrogens is 428 g/mol. The molecule has 0 spiro atoms. The molecule has 170 valence electrons. The zero-order chi connectivity index (χ0) is 23.3. The van der Waals surface area contributed by atoms with Crippen LogP contribution in [0.5, 0.6) is 28.7 Å². The first-order chi connectivity index (χ1) is 15.1. The molecule has 1 aromatic heterocycles. The van der Waals surface area contributed by atoms with E-state index in [-0.39, 0.29) is 33.8 Å². The van der Waals surface area contributed by atoms with Gasteiger partial charge in [0.2, 0.25) is 17.5 Å². The Hall–Kier alpha value is -3.51. The van der Waals surface area contributed by atoms with Crippen LogP contribution in [-0.4, -0.2) is 66.5 Å². The van der Waals surface area contributed by atoms with Crippen molar-refractivity contribution in [2.24, 2.45) is 0 Å².